The monoisotopic (exact) mass is 502 g/mol. The van der Waals surface area contributed by atoms with Crippen molar-refractivity contribution in [3.63, 3.8) is 0 Å². The zero-order valence-corrected chi connectivity index (χ0v) is 21.7. The van der Waals surface area contributed by atoms with Crippen molar-refractivity contribution in [3.05, 3.63) is 21.9 Å². The van der Waals surface area contributed by atoms with Crippen LogP contribution in [0.15, 0.2) is 17.3 Å². The minimum absolute atomic E-state index is 0.0609. The molecule has 2 saturated carbocycles. The van der Waals surface area contributed by atoms with Gasteiger partial charge in [-0.25, -0.2) is 4.79 Å². The van der Waals surface area contributed by atoms with Gasteiger partial charge in [-0.1, -0.05) is 18.2 Å². The topological polar surface area (TPSA) is 99.4 Å². The van der Waals surface area contributed by atoms with E-state index in [9.17, 15) is 19.8 Å². The molecule has 8 heteroatoms. The van der Waals surface area contributed by atoms with Crippen molar-refractivity contribution in [2.24, 2.45) is 17.0 Å². The number of anilines is 1. The third-order valence-electron chi connectivity index (χ3n) is 7.71. The fraction of sp³-hybridized carbons (Fsp3) is 0.667. The van der Waals surface area contributed by atoms with Crippen LogP contribution in [-0.4, -0.2) is 46.6 Å². The van der Waals surface area contributed by atoms with Gasteiger partial charge in [0, 0.05) is 23.3 Å². The first kappa shape index (κ1) is 25.9. The van der Waals surface area contributed by atoms with Crippen LogP contribution in [-0.2, 0) is 9.63 Å². The third kappa shape index (κ3) is 6.15. The minimum atomic E-state index is -0.989. The lowest BCUT2D eigenvalue weighted by Crippen LogP contribution is -2.47. The number of carboxylic acid groups (broad SMARTS) is 1. The van der Waals surface area contributed by atoms with Crippen LogP contribution < -0.4 is 4.90 Å². The predicted octanol–water partition coefficient (Wildman–Crippen LogP) is 5.87. The summed E-state index contributed by atoms with van der Waals surface area (Å²) in [7, 11) is 0. The number of hydrogen-bond donors (Lipinski definition) is 2. The maximum absolute atomic E-state index is 13.9. The highest BCUT2D eigenvalue weighted by atomic mass is 32.1. The molecule has 1 aromatic rings. The van der Waals surface area contributed by atoms with Gasteiger partial charge >= 0.3 is 5.97 Å². The number of rotatable bonds is 7. The van der Waals surface area contributed by atoms with E-state index in [0.29, 0.717) is 50.3 Å². The van der Waals surface area contributed by atoms with Gasteiger partial charge in [0.2, 0.25) is 5.91 Å². The number of aliphatic hydroxyl groups is 1. The lowest BCUT2D eigenvalue weighted by atomic mass is 9.81. The van der Waals surface area contributed by atoms with Gasteiger partial charge in [-0.15, -0.1) is 11.3 Å². The summed E-state index contributed by atoms with van der Waals surface area (Å²) in [5.41, 5.74) is 2.64. The summed E-state index contributed by atoms with van der Waals surface area (Å²) in [6.45, 7) is 4.68. The van der Waals surface area contributed by atoms with Gasteiger partial charge in [0.1, 0.15) is 11.5 Å². The number of amides is 1. The van der Waals surface area contributed by atoms with E-state index in [-0.39, 0.29) is 28.8 Å². The summed E-state index contributed by atoms with van der Waals surface area (Å²) in [5, 5.41) is 24.3. The Morgan fingerprint density at radius 1 is 1.11 bits per heavy atom. The molecule has 2 N–H and O–H groups in total. The number of hydrogen-bond acceptors (Lipinski definition) is 6. The second kappa shape index (κ2) is 11.7. The summed E-state index contributed by atoms with van der Waals surface area (Å²) in [5.74, 6) is -0.352. The van der Waals surface area contributed by atoms with Crippen molar-refractivity contribution >= 4 is 40.2 Å². The maximum atomic E-state index is 13.9. The van der Waals surface area contributed by atoms with Crippen molar-refractivity contribution in [2.75, 3.05) is 11.5 Å². The molecule has 0 radical (unpaired) electrons. The average molecular weight is 503 g/mol. The highest BCUT2D eigenvalue weighted by molar-refractivity contribution is 7.15. The van der Waals surface area contributed by atoms with E-state index in [1.54, 1.807) is 0 Å². The molecule has 4 rings (SSSR count). The van der Waals surface area contributed by atoms with Crippen molar-refractivity contribution in [1.29, 1.82) is 0 Å². The molecule has 192 valence electrons. The molecule has 1 heterocycles. The average Bonchev–Trinajstić information content (AvgIpc) is 3.30. The van der Waals surface area contributed by atoms with Crippen LogP contribution in [0.25, 0.3) is 5.57 Å². The summed E-state index contributed by atoms with van der Waals surface area (Å²) in [6, 6.07) is 1.86. The SMILES string of the molecule is CCO/N=C1\CC=C(c2cc(N(C(=O)C3CCC(C)CC3)C3CCC(O)CC3)c(C(=O)O)s2)CC1. The van der Waals surface area contributed by atoms with E-state index in [0.717, 1.165) is 54.7 Å². The molecule has 0 aromatic carbocycles. The second-order valence-electron chi connectivity index (χ2n) is 10.3. The molecule has 3 aliphatic carbocycles. The molecule has 1 amide bonds. The van der Waals surface area contributed by atoms with E-state index in [1.165, 1.54) is 11.3 Å². The molecule has 35 heavy (non-hydrogen) atoms. The molecular formula is C27H38N2O5S. The molecule has 7 nitrogen and oxygen atoms in total. The quantitative estimate of drug-likeness (QED) is 0.454. The van der Waals surface area contributed by atoms with Crippen molar-refractivity contribution in [1.82, 2.24) is 0 Å². The molecule has 0 bridgehead atoms. The fourth-order valence-electron chi connectivity index (χ4n) is 5.57. The summed E-state index contributed by atoms with van der Waals surface area (Å²) in [6.07, 6.45) is 10.5. The van der Waals surface area contributed by atoms with Gasteiger partial charge in [0.05, 0.1) is 17.5 Å². The number of oxime groups is 1. The number of carboxylic acids is 1. The zero-order chi connectivity index (χ0) is 24.9. The number of allylic oxidation sites excluding steroid dienone is 2. The maximum Gasteiger partial charge on any atom is 0.348 e. The molecule has 0 saturated heterocycles. The van der Waals surface area contributed by atoms with Crippen LogP contribution in [0, 0.1) is 11.8 Å². The molecule has 1 aromatic heterocycles. The second-order valence-corrected chi connectivity index (χ2v) is 11.3. The van der Waals surface area contributed by atoms with E-state index in [2.05, 4.69) is 18.2 Å². The van der Waals surface area contributed by atoms with Crippen molar-refractivity contribution in [3.8, 4) is 0 Å². The number of thiophene rings is 1. The number of carbonyl (C=O) groups is 2. The summed E-state index contributed by atoms with van der Waals surface area (Å²) >= 11 is 1.27. The molecule has 0 spiro atoms. The Kier molecular flexibility index (Phi) is 8.65. The van der Waals surface area contributed by atoms with Crippen LogP contribution in [0.3, 0.4) is 0 Å². The first-order chi connectivity index (χ1) is 16.9. The Labute approximate surface area is 211 Å². The van der Waals surface area contributed by atoms with E-state index in [1.807, 2.05) is 17.9 Å². The number of nitrogens with zero attached hydrogens (tertiary/aromatic N) is 2. The molecule has 0 aliphatic heterocycles. The molecule has 2 fully saturated rings. The minimum Gasteiger partial charge on any atom is -0.477 e. The van der Waals surface area contributed by atoms with Crippen LogP contribution in [0.1, 0.15) is 99.0 Å². The van der Waals surface area contributed by atoms with Gasteiger partial charge < -0.3 is 20.0 Å². The first-order valence-corrected chi connectivity index (χ1v) is 13.9. The number of aromatic carboxylic acids is 1. The van der Waals surface area contributed by atoms with Crippen LogP contribution in [0.4, 0.5) is 5.69 Å². The zero-order valence-electron chi connectivity index (χ0n) is 20.9. The predicted molar refractivity (Wildman–Crippen MR) is 139 cm³/mol. The smallest absolute Gasteiger partial charge is 0.348 e. The Morgan fingerprint density at radius 2 is 1.83 bits per heavy atom. The van der Waals surface area contributed by atoms with E-state index >= 15 is 0 Å². The molecule has 0 atom stereocenters. The lowest BCUT2D eigenvalue weighted by molar-refractivity contribution is -0.124. The van der Waals surface area contributed by atoms with Crippen LogP contribution >= 0.6 is 11.3 Å². The van der Waals surface area contributed by atoms with Gasteiger partial charge in [-0.2, -0.15) is 0 Å². The van der Waals surface area contributed by atoms with Crippen LogP contribution in [0.5, 0.6) is 0 Å². The standard InChI is InChI=1S/C27H38N2O5S/c1-3-34-28-20-10-8-18(9-11-20)24-16-23(25(35-24)27(32)33)29(21-12-14-22(30)15-13-21)26(31)19-6-4-17(2)5-7-19/h8,16-17,19,21-22,30H,3-7,9-15H2,1-2H3,(H,32,33)/b28-20+. The highest BCUT2D eigenvalue weighted by Gasteiger charge is 2.37. The Balaban J connectivity index is 1.66. The first-order valence-electron chi connectivity index (χ1n) is 13.1. The van der Waals surface area contributed by atoms with Gasteiger partial charge in [0.25, 0.3) is 0 Å². The van der Waals surface area contributed by atoms with Gasteiger partial charge in [-0.05, 0) is 88.7 Å². The number of aliphatic hydroxyl groups excluding tert-OH is 1. The Morgan fingerprint density at radius 3 is 2.43 bits per heavy atom. The summed E-state index contributed by atoms with van der Waals surface area (Å²) < 4.78 is 0. The normalized spacial score (nSPS) is 28.4. The number of carbonyl (C=O) groups excluding carboxylic acids is 1. The van der Waals surface area contributed by atoms with E-state index < -0.39 is 5.97 Å². The Bertz CT molecular complexity index is 968. The van der Waals surface area contributed by atoms with Gasteiger partial charge in [0.15, 0.2) is 0 Å². The summed E-state index contributed by atoms with van der Waals surface area (Å²) in [4.78, 5) is 34.4. The Hall–Kier alpha value is -2.19. The fourth-order valence-corrected chi connectivity index (χ4v) is 6.63. The molecule has 3 aliphatic rings. The highest BCUT2D eigenvalue weighted by Crippen LogP contribution is 2.42. The van der Waals surface area contributed by atoms with E-state index in [4.69, 9.17) is 4.84 Å². The molecule has 0 unspecified atom stereocenters. The largest absolute Gasteiger partial charge is 0.477 e. The van der Waals surface area contributed by atoms with Crippen LogP contribution in [0.2, 0.25) is 0 Å². The third-order valence-corrected chi connectivity index (χ3v) is 8.89. The van der Waals surface area contributed by atoms with Gasteiger partial charge in [-0.3, -0.25) is 4.79 Å². The molecular weight excluding hydrogens is 464 g/mol. The lowest BCUT2D eigenvalue weighted by Gasteiger charge is -2.38. The van der Waals surface area contributed by atoms with Crippen molar-refractivity contribution in [2.45, 2.75) is 96.6 Å². The van der Waals surface area contributed by atoms with Crippen molar-refractivity contribution < 1.29 is 24.6 Å².